The summed E-state index contributed by atoms with van der Waals surface area (Å²) in [5.41, 5.74) is 0.735. The number of ether oxygens (including phenoxy) is 1. The maximum Gasteiger partial charge on any atom is 0.337 e. The molecule has 2 heterocycles. The number of methoxy groups -OCH3 is 1. The van der Waals surface area contributed by atoms with E-state index in [2.05, 4.69) is 10.3 Å². The highest BCUT2D eigenvalue weighted by Gasteiger charge is 2.27. The Bertz CT molecular complexity index is 738. The summed E-state index contributed by atoms with van der Waals surface area (Å²) in [5, 5.41) is 19.1. The molecule has 126 valence electrons. The number of nitro benzene ring substituents is 1. The first kappa shape index (κ1) is 15.9. The van der Waals surface area contributed by atoms with Crippen LogP contribution in [0.15, 0.2) is 30.6 Å². The van der Waals surface area contributed by atoms with E-state index in [0.717, 1.165) is 12.8 Å². The minimum absolute atomic E-state index is 0.0122. The Hall–Kier alpha value is -2.97. The average molecular weight is 331 g/mol. The molecule has 9 nitrogen and oxygen atoms in total. The first-order valence-electron chi connectivity index (χ1n) is 7.57. The monoisotopic (exact) mass is 331 g/mol. The smallest absolute Gasteiger partial charge is 0.337 e. The summed E-state index contributed by atoms with van der Waals surface area (Å²) in [5.74, 6) is -0.511. The summed E-state index contributed by atoms with van der Waals surface area (Å²) in [7, 11) is 1.28. The zero-order valence-corrected chi connectivity index (χ0v) is 13.2. The van der Waals surface area contributed by atoms with E-state index < -0.39 is 10.9 Å². The Kier molecular flexibility index (Phi) is 4.41. The van der Waals surface area contributed by atoms with Crippen molar-refractivity contribution in [3.63, 3.8) is 0 Å². The van der Waals surface area contributed by atoms with Crippen molar-refractivity contribution in [1.29, 1.82) is 0 Å². The van der Waals surface area contributed by atoms with Crippen molar-refractivity contribution in [3.8, 4) is 0 Å². The minimum Gasteiger partial charge on any atom is -0.465 e. The highest BCUT2D eigenvalue weighted by Crippen LogP contribution is 2.33. The van der Waals surface area contributed by atoms with Crippen molar-refractivity contribution >= 4 is 17.3 Å². The molecular formula is C15H17N5O4. The first-order chi connectivity index (χ1) is 11.6. The third-order valence-corrected chi connectivity index (χ3v) is 4.21. The van der Waals surface area contributed by atoms with Gasteiger partial charge in [0.2, 0.25) is 0 Å². The molecule has 0 amide bonds. The normalized spacial score (nSPS) is 15.3. The molecule has 0 radical (unpaired) electrons. The van der Waals surface area contributed by atoms with Crippen LogP contribution in [-0.4, -0.2) is 46.1 Å². The Labute approximate surface area is 138 Å². The fraction of sp³-hybridized carbons (Fsp3) is 0.400. The predicted molar refractivity (Wildman–Crippen MR) is 84.9 cm³/mol. The third-order valence-electron chi connectivity index (χ3n) is 4.21. The van der Waals surface area contributed by atoms with Crippen molar-refractivity contribution in [2.45, 2.75) is 18.9 Å². The van der Waals surface area contributed by atoms with Gasteiger partial charge in [-0.3, -0.25) is 10.1 Å². The number of piperidine rings is 1. The number of hydrogen-bond acceptors (Lipinski definition) is 7. The van der Waals surface area contributed by atoms with Gasteiger partial charge in [-0.25, -0.2) is 9.48 Å². The number of hydrogen-bond donors (Lipinski definition) is 0. The largest absolute Gasteiger partial charge is 0.465 e. The second-order valence-electron chi connectivity index (χ2n) is 5.55. The summed E-state index contributed by atoms with van der Waals surface area (Å²) in [6.45, 7) is 1.27. The molecule has 0 saturated carbocycles. The van der Waals surface area contributed by atoms with Crippen LogP contribution >= 0.6 is 0 Å². The number of esters is 1. The topological polar surface area (TPSA) is 103 Å². The molecule has 0 bridgehead atoms. The molecule has 1 aliphatic rings. The number of carbonyl (C=O) groups is 1. The third kappa shape index (κ3) is 3.05. The van der Waals surface area contributed by atoms with E-state index in [1.807, 2.05) is 15.8 Å². The molecule has 1 aromatic carbocycles. The van der Waals surface area contributed by atoms with Gasteiger partial charge in [0, 0.05) is 25.4 Å². The van der Waals surface area contributed by atoms with Crippen molar-refractivity contribution in [2.24, 2.45) is 0 Å². The fourth-order valence-corrected chi connectivity index (χ4v) is 2.96. The lowest BCUT2D eigenvalue weighted by molar-refractivity contribution is -0.384. The van der Waals surface area contributed by atoms with E-state index in [1.54, 1.807) is 6.20 Å². The van der Waals surface area contributed by atoms with Gasteiger partial charge in [0.1, 0.15) is 5.69 Å². The minimum atomic E-state index is -0.511. The Balaban J connectivity index is 1.83. The summed E-state index contributed by atoms with van der Waals surface area (Å²) in [6.07, 6.45) is 5.05. The van der Waals surface area contributed by atoms with Crippen LogP contribution in [-0.2, 0) is 4.74 Å². The van der Waals surface area contributed by atoms with Gasteiger partial charge in [-0.2, -0.15) is 0 Å². The van der Waals surface area contributed by atoms with Crippen molar-refractivity contribution in [2.75, 3.05) is 25.1 Å². The molecule has 9 heteroatoms. The Morgan fingerprint density at radius 1 is 1.38 bits per heavy atom. The lowest BCUT2D eigenvalue weighted by Gasteiger charge is -2.33. The number of anilines is 1. The number of rotatable bonds is 4. The molecule has 0 unspecified atom stereocenters. The fourth-order valence-electron chi connectivity index (χ4n) is 2.96. The quantitative estimate of drug-likeness (QED) is 0.478. The van der Waals surface area contributed by atoms with Crippen LogP contribution in [0.5, 0.6) is 0 Å². The summed E-state index contributed by atoms with van der Waals surface area (Å²) < 4.78 is 6.52. The van der Waals surface area contributed by atoms with Gasteiger partial charge in [0.15, 0.2) is 0 Å². The standard InChI is InChI=1S/C15H17N5O4/c1-24-15(21)11-2-3-13(20(22)23)14(10-11)18-7-4-12(5-8-18)19-9-6-16-17-19/h2-3,6,9-10,12H,4-5,7-8H2,1H3. The van der Waals surface area contributed by atoms with Gasteiger partial charge in [-0.1, -0.05) is 5.21 Å². The number of aromatic nitrogens is 3. The van der Waals surface area contributed by atoms with Crippen molar-refractivity contribution < 1.29 is 14.5 Å². The molecule has 1 saturated heterocycles. The molecule has 1 aromatic heterocycles. The predicted octanol–water partition coefficient (Wildman–Crippen LogP) is 1.81. The zero-order valence-electron chi connectivity index (χ0n) is 13.2. The molecule has 1 fully saturated rings. The highest BCUT2D eigenvalue weighted by atomic mass is 16.6. The zero-order chi connectivity index (χ0) is 17.1. The highest BCUT2D eigenvalue weighted by molar-refractivity contribution is 5.91. The molecule has 24 heavy (non-hydrogen) atoms. The molecule has 1 aliphatic heterocycles. The number of nitrogens with zero attached hydrogens (tertiary/aromatic N) is 5. The van der Waals surface area contributed by atoms with E-state index >= 15 is 0 Å². The van der Waals surface area contributed by atoms with E-state index in [-0.39, 0.29) is 11.7 Å². The van der Waals surface area contributed by atoms with E-state index in [9.17, 15) is 14.9 Å². The molecule has 0 N–H and O–H groups in total. The maximum absolute atomic E-state index is 11.7. The number of carbonyl (C=O) groups excluding carboxylic acids is 1. The molecule has 3 rings (SSSR count). The summed E-state index contributed by atoms with van der Waals surface area (Å²) in [4.78, 5) is 24.5. The van der Waals surface area contributed by atoms with Crippen LogP contribution in [0.3, 0.4) is 0 Å². The maximum atomic E-state index is 11.7. The van der Waals surface area contributed by atoms with Gasteiger partial charge in [-0.05, 0) is 25.0 Å². The number of benzene rings is 1. The molecule has 0 atom stereocenters. The van der Waals surface area contributed by atoms with Gasteiger partial charge >= 0.3 is 5.97 Å². The summed E-state index contributed by atoms with van der Waals surface area (Å²) >= 11 is 0. The van der Waals surface area contributed by atoms with Crippen molar-refractivity contribution in [3.05, 3.63) is 46.3 Å². The van der Waals surface area contributed by atoms with E-state index in [4.69, 9.17) is 4.74 Å². The van der Waals surface area contributed by atoms with Crippen LogP contribution in [0.1, 0.15) is 29.2 Å². The second kappa shape index (κ2) is 6.65. The van der Waals surface area contributed by atoms with Gasteiger partial charge in [-0.15, -0.1) is 5.10 Å². The van der Waals surface area contributed by atoms with Crippen LogP contribution in [0.4, 0.5) is 11.4 Å². The van der Waals surface area contributed by atoms with Crippen molar-refractivity contribution in [1.82, 2.24) is 15.0 Å². The summed E-state index contributed by atoms with van der Waals surface area (Å²) in [6, 6.07) is 4.52. The lowest BCUT2D eigenvalue weighted by atomic mass is 10.0. The van der Waals surface area contributed by atoms with Crippen LogP contribution in [0.25, 0.3) is 0 Å². The van der Waals surface area contributed by atoms with Crippen LogP contribution in [0, 0.1) is 10.1 Å². The van der Waals surface area contributed by atoms with Gasteiger partial charge in [0.25, 0.3) is 5.69 Å². The number of nitro groups is 1. The second-order valence-corrected chi connectivity index (χ2v) is 5.55. The van der Waals surface area contributed by atoms with Gasteiger partial charge < -0.3 is 9.64 Å². The molecule has 0 aliphatic carbocycles. The van der Waals surface area contributed by atoms with E-state index in [0.29, 0.717) is 24.3 Å². The lowest BCUT2D eigenvalue weighted by Crippen LogP contribution is -2.35. The Morgan fingerprint density at radius 2 is 2.12 bits per heavy atom. The SMILES string of the molecule is COC(=O)c1ccc([N+](=O)[O-])c(N2CCC(n3ccnn3)CC2)c1. The Morgan fingerprint density at radius 3 is 2.71 bits per heavy atom. The molecule has 2 aromatic rings. The molecular weight excluding hydrogens is 314 g/mol. The average Bonchev–Trinajstić information content (AvgIpc) is 3.15. The van der Waals surface area contributed by atoms with Crippen LogP contribution in [0.2, 0.25) is 0 Å². The molecule has 0 spiro atoms. The van der Waals surface area contributed by atoms with Gasteiger partial charge in [0.05, 0.1) is 29.8 Å². The van der Waals surface area contributed by atoms with Crippen LogP contribution < -0.4 is 4.90 Å². The van der Waals surface area contributed by atoms with E-state index in [1.165, 1.54) is 25.3 Å². The first-order valence-corrected chi connectivity index (χ1v) is 7.57.